The van der Waals surface area contributed by atoms with Crippen molar-refractivity contribution in [3.8, 4) is 0 Å². The van der Waals surface area contributed by atoms with Gasteiger partial charge in [0.15, 0.2) is 0 Å². The van der Waals surface area contributed by atoms with E-state index in [0.717, 1.165) is 42.4 Å². The van der Waals surface area contributed by atoms with Crippen molar-refractivity contribution in [2.24, 2.45) is 0 Å². The number of hydrogen-bond donors (Lipinski definition) is 2. The molecule has 0 aliphatic carbocycles. The van der Waals surface area contributed by atoms with Crippen LogP contribution in [0.5, 0.6) is 0 Å². The first kappa shape index (κ1) is 18.1. The zero-order valence-corrected chi connectivity index (χ0v) is 14.4. The van der Waals surface area contributed by atoms with Crippen LogP contribution in [0.1, 0.15) is 49.3 Å². The van der Waals surface area contributed by atoms with E-state index in [-0.39, 0.29) is 0 Å². The van der Waals surface area contributed by atoms with Gasteiger partial charge >= 0.3 is 0 Å². The third-order valence-electron chi connectivity index (χ3n) is 3.67. The van der Waals surface area contributed by atoms with Crippen LogP contribution < -0.4 is 10.0 Å². The normalized spacial score (nSPS) is 11.8. The van der Waals surface area contributed by atoms with Crippen LogP contribution in [0.25, 0.3) is 0 Å². The van der Waals surface area contributed by atoms with Gasteiger partial charge in [0.2, 0.25) is 10.0 Å². The van der Waals surface area contributed by atoms with Crippen LogP contribution in [0.15, 0.2) is 17.0 Å². The second kappa shape index (κ2) is 8.51. The van der Waals surface area contributed by atoms with E-state index in [4.69, 9.17) is 0 Å². The molecule has 0 saturated heterocycles. The lowest BCUT2D eigenvalue weighted by Crippen LogP contribution is -2.26. The zero-order chi connectivity index (χ0) is 15.9. The number of aryl methyl sites for hydroxylation is 1. The third kappa shape index (κ3) is 5.41. The topological polar surface area (TPSA) is 58.2 Å². The molecule has 0 aromatic heterocycles. The van der Waals surface area contributed by atoms with Crippen molar-refractivity contribution in [1.82, 2.24) is 10.0 Å². The van der Waals surface area contributed by atoms with Crippen molar-refractivity contribution >= 4 is 10.0 Å². The average molecular weight is 312 g/mol. The number of sulfonamides is 1. The summed E-state index contributed by atoms with van der Waals surface area (Å²) in [6.07, 6.45) is 4.26. The molecule has 1 aromatic rings. The molecule has 2 N–H and O–H groups in total. The summed E-state index contributed by atoms with van der Waals surface area (Å²) in [7, 11) is -1.56. The maximum absolute atomic E-state index is 12.5. The molecule has 1 rings (SSSR count). The Balaban J connectivity index is 2.86. The number of nitrogens with one attached hydrogen (secondary N) is 2. The maximum Gasteiger partial charge on any atom is 0.240 e. The highest BCUT2D eigenvalue weighted by Crippen LogP contribution is 2.21. The van der Waals surface area contributed by atoms with E-state index in [2.05, 4.69) is 17.0 Å². The van der Waals surface area contributed by atoms with Crippen molar-refractivity contribution in [2.45, 2.75) is 57.9 Å². The maximum atomic E-state index is 12.5. The molecule has 4 nitrogen and oxygen atoms in total. The highest BCUT2D eigenvalue weighted by atomic mass is 32.2. The van der Waals surface area contributed by atoms with Gasteiger partial charge in [-0.2, -0.15) is 0 Å². The van der Waals surface area contributed by atoms with E-state index >= 15 is 0 Å². The van der Waals surface area contributed by atoms with E-state index < -0.39 is 10.0 Å². The van der Waals surface area contributed by atoms with E-state index in [1.807, 2.05) is 27.0 Å². The molecule has 0 aliphatic rings. The largest absolute Gasteiger partial charge is 0.316 e. The Bertz CT molecular complexity index is 554. The van der Waals surface area contributed by atoms with Crippen LogP contribution in [0.4, 0.5) is 0 Å². The third-order valence-corrected chi connectivity index (χ3v) is 5.26. The molecule has 120 valence electrons. The molecule has 0 unspecified atom stereocenters. The van der Waals surface area contributed by atoms with E-state index in [0.29, 0.717) is 18.0 Å². The molecule has 5 heteroatoms. The second-order valence-electron chi connectivity index (χ2n) is 5.52. The minimum Gasteiger partial charge on any atom is -0.316 e. The molecular weight excluding hydrogens is 284 g/mol. The van der Waals surface area contributed by atoms with Crippen molar-refractivity contribution in [3.05, 3.63) is 28.8 Å². The summed E-state index contributed by atoms with van der Waals surface area (Å²) in [5.41, 5.74) is 2.83. The average Bonchev–Trinajstić information content (AvgIpc) is 2.42. The smallest absolute Gasteiger partial charge is 0.240 e. The van der Waals surface area contributed by atoms with Crippen LogP contribution in [-0.4, -0.2) is 22.0 Å². The fraction of sp³-hybridized carbons (Fsp3) is 0.625. The zero-order valence-electron chi connectivity index (χ0n) is 13.6. The first-order valence-corrected chi connectivity index (χ1v) is 9.15. The summed E-state index contributed by atoms with van der Waals surface area (Å²) in [6.45, 7) is 7.14. The Morgan fingerprint density at radius 2 is 1.81 bits per heavy atom. The van der Waals surface area contributed by atoms with Crippen molar-refractivity contribution in [2.75, 3.05) is 13.6 Å². The van der Waals surface area contributed by atoms with Crippen LogP contribution >= 0.6 is 0 Å². The highest BCUT2D eigenvalue weighted by molar-refractivity contribution is 7.89. The predicted octanol–water partition coefficient (Wildman–Crippen LogP) is 2.88. The number of benzene rings is 1. The van der Waals surface area contributed by atoms with Gasteiger partial charge in [-0.3, -0.25) is 0 Å². The van der Waals surface area contributed by atoms with Crippen LogP contribution in [0, 0.1) is 13.8 Å². The summed E-state index contributed by atoms with van der Waals surface area (Å²) < 4.78 is 27.6. The molecule has 0 spiro atoms. The Labute approximate surface area is 129 Å². The van der Waals surface area contributed by atoms with Gasteiger partial charge < -0.3 is 5.32 Å². The lowest BCUT2D eigenvalue weighted by Gasteiger charge is -2.13. The molecule has 0 saturated carbocycles. The van der Waals surface area contributed by atoms with Gasteiger partial charge in [0.25, 0.3) is 0 Å². The minimum atomic E-state index is -3.42. The van der Waals surface area contributed by atoms with Crippen LogP contribution in [0.3, 0.4) is 0 Å². The summed E-state index contributed by atoms with van der Waals surface area (Å²) in [6, 6.07) is 3.80. The molecule has 21 heavy (non-hydrogen) atoms. The monoisotopic (exact) mass is 312 g/mol. The van der Waals surface area contributed by atoms with E-state index in [1.54, 1.807) is 6.07 Å². The fourth-order valence-corrected chi connectivity index (χ4v) is 3.76. The lowest BCUT2D eigenvalue weighted by molar-refractivity contribution is 0.572. The SMILES string of the molecule is CCCCCCNS(=O)(=O)c1cc(CNC)cc(C)c1C. The molecule has 0 bridgehead atoms. The number of unbranched alkanes of at least 4 members (excludes halogenated alkanes) is 3. The summed E-state index contributed by atoms with van der Waals surface area (Å²) in [5.74, 6) is 0. The summed E-state index contributed by atoms with van der Waals surface area (Å²) in [5, 5.41) is 3.06. The van der Waals surface area contributed by atoms with E-state index in [9.17, 15) is 8.42 Å². The molecule has 0 radical (unpaired) electrons. The molecule has 0 atom stereocenters. The number of hydrogen-bond acceptors (Lipinski definition) is 3. The van der Waals surface area contributed by atoms with Gasteiger partial charge in [-0.25, -0.2) is 13.1 Å². The van der Waals surface area contributed by atoms with Gasteiger partial charge in [-0.1, -0.05) is 32.3 Å². The fourth-order valence-electron chi connectivity index (χ4n) is 2.32. The Kier molecular flexibility index (Phi) is 7.35. The van der Waals surface area contributed by atoms with Gasteiger partial charge in [-0.05, 0) is 50.1 Å². The Hall–Kier alpha value is -0.910. The van der Waals surface area contributed by atoms with Gasteiger partial charge in [0.05, 0.1) is 4.90 Å². The molecular formula is C16H28N2O2S. The first-order valence-electron chi connectivity index (χ1n) is 7.66. The molecule has 0 aliphatic heterocycles. The Morgan fingerprint density at radius 1 is 1.10 bits per heavy atom. The number of rotatable bonds is 9. The van der Waals surface area contributed by atoms with Gasteiger partial charge in [-0.15, -0.1) is 0 Å². The summed E-state index contributed by atoms with van der Waals surface area (Å²) in [4.78, 5) is 0.406. The van der Waals surface area contributed by atoms with Crippen molar-refractivity contribution < 1.29 is 8.42 Å². The standard InChI is InChI=1S/C16H28N2O2S/c1-5-6-7-8-9-18-21(19,20)16-11-15(12-17-4)10-13(2)14(16)3/h10-11,17-18H,5-9,12H2,1-4H3. The quantitative estimate of drug-likeness (QED) is 0.689. The lowest BCUT2D eigenvalue weighted by atomic mass is 10.1. The highest BCUT2D eigenvalue weighted by Gasteiger charge is 2.18. The second-order valence-corrected chi connectivity index (χ2v) is 7.26. The molecule has 0 fully saturated rings. The molecule has 1 aromatic carbocycles. The summed E-state index contributed by atoms with van der Waals surface area (Å²) >= 11 is 0. The van der Waals surface area contributed by atoms with Crippen LogP contribution in [0.2, 0.25) is 0 Å². The predicted molar refractivity (Wildman–Crippen MR) is 88.0 cm³/mol. The minimum absolute atomic E-state index is 0.406. The molecule has 0 amide bonds. The molecule has 0 heterocycles. The van der Waals surface area contributed by atoms with Crippen LogP contribution in [-0.2, 0) is 16.6 Å². The Morgan fingerprint density at radius 3 is 2.43 bits per heavy atom. The van der Waals surface area contributed by atoms with Crippen molar-refractivity contribution in [3.63, 3.8) is 0 Å². The van der Waals surface area contributed by atoms with Gasteiger partial charge in [0, 0.05) is 13.1 Å². The first-order chi connectivity index (χ1) is 9.92. The van der Waals surface area contributed by atoms with Gasteiger partial charge in [0.1, 0.15) is 0 Å². The van der Waals surface area contributed by atoms with E-state index in [1.165, 1.54) is 0 Å². The van der Waals surface area contributed by atoms with Crippen molar-refractivity contribution in [1.29, 1.82) is 0 Å².